The second-order valence-corrected chi connectivity index (χ2v) is 4.61. The predicted octanol–water partition coefficient (Wildman–Crippen LogP) is 6.12. The fraction of sp³-hybridized carbons (Fsp3) is 0.381. The van der Waals surface area contributed by atoms with Crippen LogP contribution in [-0.2, 0) is 11.2 Å². The highest BCUT2D eigenvalue weighted by molar-refractivity contribution is 5.46. The summed E-state index contributed by atoms with van der Waals surface area (Å²) < 4.78 is 5.78. The van der Waals surface area contributed by atoms with Crippen molar-refractivity contribution in [2.75, 3.05) is 0 Å². The monoisotopic (exact) mass is 348 g/mol. The minimum Gasteiger partial charge on any atom is -0.507 e. The number of hydrogen-bond donors (Lipinski definition) is 2. The Morgan fingerprint density at radius 2 is 1.32 bits per heavy atom. The number of phenols is 1. The van der Waals surface area contributed by atoms with Crippen molar-refractivity contribution in [3.05, 3.63) is 53.1 Å². The van der Waals surface area contributed by atoms with Crippen molar-refractivity contribution in [2.24, 2.45) is 0 Å². The third-order valence-corrected chi connectivity index (χ3v) is 3.03. The van der Waals surface area contributed by atoms with Crippen molar-refractivity contribution in [2.45, 2.75) is 54.9 Å². The van der Waals surface area contributed by atoms with Crippen LogP contribution < -0.4 is 4.74 Å². The zero-order chi connectivity index (χ0) is 19.8. The molecule has 0 fully saturated rings. The molecule has 4 heteroatoms. The standard InChI is InChI=1S/C16H18O2.2C2H6.CH2O2/c1-4-13-5-7-14(8-6-13)18-15-9-11(2)16(17)12(3)10-15;2*1-2;2-1-3/h5-10,17H,4H2,1-3H3;2*1-2H3;1H,(H,2,3). The number of benzene rings is 2. The van der Waals surface area contributed by atoms with Gasteiger partial charge in [0.05, 0.1) is 0 Å². The lowest BCUT2D eigenvalue weighted by Gasteiger charge is -2.10. The lowest BCUT2D eigenvalue weighted by molar-refractivity contribution is -0.122. The lowest BCUT2D eigenvalue weighted by atomic mass is 10.1. The Morgan fingerprint density at radius 1 is 0.920 bits per heavy atom. The summed E-state index contributed by atoms with van der Waals surface area (Å²) >= 11 is 0. The fourth-order valence-corrected chi connectivity index (χ4v) is 1.90. The maximum Gasteiger partial charge on any atom is 0.290 e. The van der Waals surface area contributed by atoms with Crippen LogP contribution in [0.25, 0.3) is 0 Å². The van der Waals surface area contributed by atoms with Gasteiger partial charge >= 0.3 is 0 Å². The van der Waals surface area contributed by atoms with Crippen LogP contribution in [0.3, 0.4) is 0 Å². The van der Waals surface area contributed by atoms with Crippen LogP contribution in [-0.4, -0.2) is 16.7 Å². The highest BCUT2D eigenvalue weighted by Gasteiger charge is 2.05. The van der Waals surface area contributed by atoms with Gasteiger partial charge in [0, 0.05) is 0 Å². The van der Waals surface area contributed by atoms with Gasteiger partial charge in [-0.1, -0.05) is 46.8 Å². The molecule has 140 valence electrons. The van der Waals surface area contributed by atoms with E-state index < -0.39 is 0 Å². The van der Waals surface area contributed by atoms with E-state index in [-0.39, 0.29) is 6.47 Å². The van der Waals surface area contributed by atoms with Gasteiger partial charge in [-0.3, -0.25) is 4.79 Å². The van der Waals surface area contributed by atoms with Crippen molar-refractivity contribution in [3.8, 4) is 17.2 Å². The number of carbonyl (C=O) groups is 1. The molecule has 0 atom stereocenters. The van der Waals surface area contributed by atoms with Gasteiger partial charge in [-0.2, -0.15) is 0 Å². The van der Waals surface area contributed by atoms with Gasteiger partial charge < -0.3 is 14.9 Å². The van der Waals surface area contributed by atoms with E-state index in [2.05, 4.69) is 19.1 Å². The van der Waals surface area contributed by atoms with E-state index in [1.54, 1.807) is 0 Å². The Kier molecular flexibility index (Phi) is 14.9. The van der Waals surface area contributed by atoms with Gasteiger partial charge in [-0.15, -0.1) is 0 Å². The topological polar surface area (TPSA) is 66.8 Å². The second-order valence-electron chi connectivity index (χ2n) is 4.61. The van der Waals surface area contributed by atoms with Crippen LogP contribution in [0, 0.1) is 13.8 Å². The molecule has 0 heterocycles. The molecule has 0 saturated heterocycles. The molecule has 0 saturated carbocycles. The van der Waals surface area contributed by atoms with Gasteiger partial charge in [0.15, 0.2) is 0 Å². The number of carboxylic acid groups (broad SMARTS) is 1. The van der Waals surface area contributed by atoms with Crippen LogP contribution in [0.4, 0.5) is 0 Å². The minimum absolute atomic E-state index is 0.250. The zero-order valence-corrected chi connectivity index (χ0v) is 16.5. The Morgan fingerprint density at radius 3 is 1.68 bits per heavy atom. The number of aromatic hydroxyl groups is 1. The second kappa shape index (κ2) is 15.1. The zero-order valence-electron chi connectivity index (χ0n) is 16.5. The van der Waals surface area contributed by atoms with E-state index >= 15 is 0 Å². The van der Waals surface area contributed by atoms with Gasteiger partial charge in [0.2, 0.25) is 0 Å². The molecular formula is C21H32O4. The average molecular weight is 348 g/mol. The summed E-state index contributed by atoms with van der Waals surface area (Å²) in [5.74, 6) is 1.91. The molecule has 0 unspecified atom stereocenters. The Balaban J connectivity index is 0. The van der Waals surface area contributed by atoms with Crippen molar-refractivity contribution in [1.29, 1.82) is 0 Å². The molecule has 4 nitrogen and oxygen atoms in total. The maximum absolute atomic E-state index is 9.71. The van der Waals surface area contributed by atoms with E-state index in [9.17, 15) is 5.11 Å². The molecule has 0 aromatic heterocycles. The summed E-state index contributed by atoms with van der Waals surface area (Å²) in [6.07, 6.45) is 1.03. The van der Waals surface area contributed by atoms with Crippen LogP contribution in [0.1, 0.15) is 51.3 Å². The van der Waals surface area contributed by atoms with Crippen LogP contribution in [0.15, 0.2) is 36.4 Å². The summed E-state index contributed by atoms with van der Waals surface area (Å²) in [5, 5.41) is 16.6. The Bertz CT molecular complexity index is 566. The first-order valence-electron chi connectivity index (χ1n) is 8.66. The van der Waals surface area contributed by atoms with Gasteiger partial charge in [0.25, 0.3) is 6.47 Å². The molecule has 0 aliphatic carbocycles. The SMILES string of the molecule is CC.CC.CCc1ccc(Oc2cc(C)c(O)c(C)c2)cc1.O=CO. The largest absolute Gasteiger partial charge is 0.507 e. The average Bonchev–Trinajstić information content (AvgIpc) is 2.64. The van der Waals surface area contributed by atoms with Crippen molar-refractivity contribution >= 4 is 6.47 Å². The van der Waals surface area contributed by atoms with E-state index in [4.69, 9.17) is 14.6 Å². The van der Waals surface area contributed by atoms with Crippen molar-refractivity contribution in [1.82, 2.24) is 0 Å². The van der Waals surface area contributed by atoms with E-state index in [1.165, 1.54) is 5.56 Å². The molecule has 0 spiro atoms. The highest BCUT2D eigenvalue weighted by atomic mass is 16.5. The molecular weight excluding hydrogens is 316 g/mol. The third kappa shape index (κ3) is 9.40. The maximum atomic E-state index is 9.71. The first-order chi connectivity index (χ1) is 12.0. The summed E-state index contributed by atoms with van der Waals surface area (Å²) in [6, 6.07) is 11.8. The molecule has 0 aliphatic rings. The van der Waals surface area contributed by atoms with E-state index in [0.29, 0.717) is 5.75 Å². The Labute approximate surface area is 152 Å². The highest BCUT2D eigenvalue weighted by Crippen LogP contribution is 2.30. The van der Waals surface area contributed by atoms with Crippen LogP contribution in [0.2, 0.25) is 0 Å². The Hall–Kier alpha value is -2.49. The molecule has 0 amide bonds. The quantitative estimate of drug-likeness (QED) is 0.656. The number of aryl methyl sites for hydroxylation is 3. The third-order valence-electron chi connectivity index (χ3n) is 3.03. The molecule has 2 rings (SSSR count). The predicted molar refractivity (Wildman–Crippen MR) is 105 cm³/mol. The normalized spacial score (nSPS) is 8.44. The minimum atomic E-state index is -0.250. The van der Waals surface area contributed by atoms with Crippen LogP contribution in [0.5, 0.6) is 17.2 Å². The van der Waals surface area contributed by atoms with Crippen LogP contribution >= 0.6 is 0 Å². The molecule has 25 heavy (non-hydrogen) atoms. The fourth-order valence-electron chi connectivity index (χ4n) is 1.90. The number of hydrogen-bond acceptors (Lipinski definition) is 3. The van der Waals surface area contributed by atoms with Gasteiger partial charge in [-0.05, 0) is 61.2 Å². The molecule has 2 aromatic rings. The molecule has 0 radical (unpaired) electrons. The van der Waals surface area contributed by atoms with E-state index in [0.717, 1.165) is 29.0 Å². The first-order valence-corrected chi connectivity index (χ1v) is 8.66. The first kappa shape index (κ1) is 24.8. The molecule has 2 N–H and O–H groups in total. The number of phenolic OH excluding ortho intramolecular Hbond substituents is 1. The van der Waals surface area contributed by atoms with Gasteiger partial charge in [0.1, 0.15) is 17.2 Å². The molecule has 0 aliphatic heterocycles. The lowest BCUT2D eigenvalue weighted by Crippen LogP contribution is -1.88. The summed E-state index contributed by atoms with van der Waals surface area (Å²) in [5.41, 5.74) is 2.95. The summed E-state index contributed by atoms with van der Waals surface area (Å²) in [6.45, 7) is 13.6. The summed E-state index contributed by atoms with van der Waals surface area (Å²) in [4.78, 5) is 8.36. The molecule has 2 aromatic carbocycles. The smallest absolute Gasteiger partial charge is 0.290 e. The van der Waals surface area contributed by atoms with Gasteiger partial charge in [-0.25, -0.2) is 0 Å². The number of ether oxygens (including phenoxy) is 1. The van der Waals surface area contributed by atoms with E-state index in [1.807, 2.05) is 65.8 Å². The van der Waals surface area contributed by atoms with Crippen molar-refractivity contribution < 1.29 is 19.7 Å². The number of rotatable bonds is 3. The van der Waals surface area contributed by atoms with Crippen molar-refractivity contribution in [3.63, 3.8) is 0 Å². The molecule has 0 bridgehead atoms. The summed E-state index contributed by atoms with van der Waals surface area (Å²) in [7, 11) is 0.